The number of pyridine rings is 1. The second-order valence-electron chi connectivity index (χ2n) is 12.2. The first-order chi connectivity index (χ1) is 17.7. The number of nitrogens with zero attached hydrogens (tertiary/aromatic N) is 3. The van der Waals surface area contributed by atoms with Crippen LogP contribution in [0.15, 0.2) is 24.7 Å². The second kappa shape index (κ2) is 10.1. The molecule has 37 heavy (non-hydrogen) atoms. The van der Waals surface area contributed by atoms with Crippen LogP contribution in [0.5, 0.6) is 5.75 Å². The third kappa shape index (κ3) is 5.39. The van der Waals surface area contributed by atoms with Gasteiger partial charge in [0.1, 0.15) is 29.9 Å². The lowest BCUT2D eigenvalue weighted by atomic mass is 9.77. The zero-order valence-electron chi connectivity index (χ0n) is 22.4. The van der Waals surface area contributed by atoms with Crippen LogP contribution in [0.25, 0.3) is 5.65 Å². The van der Waals surface area contributed by atoms with E-state index in [1.807, 2.05) is 44.4 Å². The van der Waals surface area contributed by atoms with Crippen LogP contribution in [0.4, 0.5) is 0 Å². The highest BCUT2D eigenvalue weighted by molar-refractivity contribution is 5.87. The molecule has 0 unspecified atom stereocenters. The van der Waals surface area contributed by atoms with Crippen molar-refractivity contribution >= 4 is 23.8 Å². The van der Waals surface area contributed by atoms with E-state index in [9.17, 15) is 14.4 Å². The number of carbonyl (C=O) groups excluding carboxylic acids is 3. The van der Waals surface area contributed by atoms with E-state index in [0.29, 0.717) is 12.5 Å². The largest absolute Gasteiger partial charge is 0.488 e. The van der Waals surface area contributed by atoms with E-state index >= 15 is 0 Å². The highest BCUT2D eigenvalue weighted by Crippen LogP contribution is 2.40. The van der Waals surface area contributed by atoms with Crippen molar-refractivity contribution in [3.8, 4) is 5.75 Å². The number of imidazole rings is 1. The Morgan fingerprint density at radius 3 is 2.68 bits per heavy atom. The van der Waals surface area contributed by atoms with Crippen molar-refractivity contribution in [3.05, 3.63) is 30.2 Å². The van der Waals surface area contributed by atoms with Crippen LogP contribution in [0, 0.1) is 23.2 Å². The molecule has 1 aliphatic carbocycles. The Labute approximate surface area is 218 Å². The molecule has 0 radical (unpaired) electrons. The van der Waals surface area contributed by atoms with Crippen molar-refractivity contribution in [3.63, 3.8) is 0 Å². The Kier molecular flexibility index (Phi) is 7.03. The molecular weight excluding hydrogens is 470 g/mol. The van der Waals surface area contributed by atoms with Crippen molar-refractivity contribution in [2.24, 2.45) is 23.2 Å². The van der Waals surface area contributed by atoms with Crippen LogP contribution < -0.4 is 4.74 Å². The zero-order valence-corrected chi connectivity index (χ0v) is 22.4. The third-order valence-corrected chi connectivity index (χ3v) is 8.51. The van der Waals surface area contributed by atoms with Crippen LogP contribution in [0.3, 0.4) is 0 Å². The maximum absolute atomic E-state index is 13.9. The predicted octanol–water partition coefficient (Wildman–Crippen LogP) is 4.23. The fraction of sp³-hybridized carbons (Fsp3) is 0.655. The molecule has 2 fully saturated rings. The molecule has 2 aliphatic heterocycles. The number of amides is 1. The molecule has 0 N–H and O–H groups in total. The molecule has 5 rings (SSSR count). The average Bonchev–Trinajstić information content (AvgIpc) is 3.26. The lowest BCUT2D eigenvalue weighted by Gasteiger charge is -2.34. The number of rotatable bonds is 1. The van der Waals surface area contributed by atoms with Crippen LogP contribution >= 0.6 is 0 Å². The quantitative estimate of drug-likeness (QED) is 0.422. The van der Waals surface area contributed by atoms with Crippen molar-refractivity contribution < 1.29 is 23.9 Å². The molecule has 4 heterocycles. The van der Waals surface area contributed by atoms with Gasteiger partial charge in [0.2, 0.25) is 5.91 Å². The topological polar surface area (TPSA) is 90.2 Å². The monoisotopic (exact) mass is 509 g/mol. The van der Waals surface area contributed by atoms with Crippen LogP contribution in [-0.2, 0) is 25.5 Å². The smallest absolute Gasteiger partial charge is 0.306 e. The predicted molar refractivity (Wildman–Crippen MR) is 138 cm³/mol. The highest BCUT2D eigenvalue weighted by Gasteiger charge is 2.48. The Hall–Kier alpha value is -2.90. The van der Waals surface area contributed by atoms with E-state index in [-0.39, 0.29) is 36.4 Å². The van der Waals surface area contributed by atoms with Crippen molar-refractivity contribution in [1.82, 2.24) is 14.3 Å². The van der Waals surface area contributed by atoms with Gasteiger partial charge in [0.15, 0.2) is 0 Å². The molecule has 3 aliphatic rings. The van der Waals surface area contributed by atoms with Crippen molar-refractivity contribution in [2.75, 3.05) is 6.54 Å². The van der Waals surface area contributed by atoms with Gasteiger partial charge in [-0.15, -0.1) is 0 Å². The molecule has 2 aromatic rings. The highest BCUT2D eigenvalue weighted by atomic mass is 16.5. The number of esters is 1. The molecule has 8 nitrogen and oxygen atoms in total. The molecule has 6 atom stereocenters. The summed E-state index contributed by atoms with van der Waals surface area (Å²) >= 11 is 0. The molecule has 2 bridgehead atoms. The molecular formula is C29H39N3O5. The average molecular weight is 510 g/mol. The van der Waals surface area contributed by atoms with Gasteiger partial charge in [-0.05, 0) is 37.0 Å². The number of carbonyl (C=O) groups is 3. The number of aryl methyl sites for hydroxylation is 1. The number of aromatic nitrogens is 2. The molecule has 0 aromatic carbocycles. The van der Waals surface area contributed by atoms with Gasteiger partial charge in [-0.1, -0.05) is 40.5 Å². The van der Waals surface area contributed by atoms with E-state index in [2.05, 4.69) is 11.2 Å². The molecule has 1 amide bonds. The Balaban J connectivity index is 1.46. The first-order valence-electron chi connectivity index (χ1n) is 13.7. The summed E-state index contributed by atoms with van der Waals surface area (Å²) < 4.78 is 14.3. The second-order valence-corrected chi connectivity index (χ2v) is 12.2. The van der Waals surface area contributed by atoms with Gasteiger partial charge < -0.3 is 23.6 Å². The van der Waals surface area contributed by atoms with Crippen LogP contribution in [-0.4, -0.2) is 57.2 Å². The summed E-state index contributed by atoms with van der Waals surface area (Å²) in [5.41, 5.74) is 1.45. The standard InChI is InChI=1S/C29H39N3O5/c1-18-22(17-33)32-16-25(18)36-24-14-26-30-10-11-31(26)15-20(24)9-7-5-6-8-19-12-23(19)37-27(34)13-21(28(32)35)29(2,3)4/h10-11,14-15,17-19,21-23,25H,5-9,12-13,16H2,1-4H3/t18-,19+,21+,22+,23+,25-/m0/s1. The first-order valence-corrected chi connectivity index (χ1v) is 13.7. The number of ether oxygens (including phenoxy) is 2. The van der Waals surface area contributed by atoms with E-state index in [1.165, 1.54) is 0 Å². The first kappa shape index (κ1) is 25.7. The Morgan fingerprint density at radius 1 is 1.11 bits per heavy atom. The number of hydrogen-bond donors (Lipinski definition) is 0. The van der Waals surface area contributed by atoms with Crippen LogP contribution in [0.1, 0.15) is 71.8 Å². The van der Waals surface area contributed by atoms with E-state index in [1.54, 1.807) is 11.1 Å². The molecule has 1 saturated heterocycles. The Bertz CT molecular complexity index is 1170. The third-order valence-electron chi connectivity index (χ3n) is 8.51. The van der Waals surface area contributed by atoms with Gasteiger partial charge in [-0.25, -0.2) is 4.98 Å². The minimum absolute atomic E-state index is 0.0221. The van der Waals surface area contributed by atoms with Gasteiger partial charge >= 0.3 is 5.97 Å². The van der Waals surface area contributed by atoms with Crippen molar-refractivity contribution in [2.45, 2.75) is 90.9 Å². The summed E-state index contributed by atoms with van der Waals surface area (Å²) in [6, 6.07) is 1.36. The minimum Gasteiger partial charge on any atom is -0.488 e. The SMILES string of the molecule is C[C@@H]1[C@@H]2CN(C(=O)[C@H](C(C)(C)C)CC(=O)O[C@@H]3C[C@H]3CCCCCc3cn4ccnc4cc3O2)[C@@H]1C=O. The van der Waals surface area contributed by atoms with Gasteiger partial charge in [0, 0.05) is 36.1 Å². The maximum atomic E-state index is 13.9. The van der Waals surface area contributed by atoms with Gasteiger partial charge in [0.25, 0.3) is 0 Å². The van der Waals surface area contributed by atoms with Gasteiger partial charge in [-0.2, -0.15) is 0 Å². The summed E-state index contributed by atoms with van der Waals surface area (Å²) in [5, 5.41) is 0. The van der Waals surface area contributed by atoms with Crippen molar-refractivity contribution in [1.29, 1.82) is 0 Å². The van der Waals surface area contributed by atoms with E-state index in [0.717, 1.165) is 61.8 Å². The fourth-order valence-corrected chi connectivity index (χ4v) is 5.93. The van der Waals surface area contributed by atoms with Gasteiger partial charge in [-0.3, -0.25) is 9.59 Å². The lowest BCUT2D eigenvalue weighted by Crippen LogP contribution is -2.46. The summed E-state index contributed by atoms with van der Waals surface area (Å²) in [5.74, 6) is -0.0751. The molecule has 1 saturated carbocycles. The van der Waals surface area contributed by atoms with E-state index < -0.39 is 17.4 Å². The minimum atomic E-state index is -0.605. The number of hydrogen-bond acceptors (Lipinski definition) is 6. The zero-order chi connectivity index (χ0) is 26.3. The Morgan fingerprint density at radius 2 is 1.92 bits per heavy atom. The molecule has 2 aromatic heterocycles. The number of fused-ring (bicyclic) bond motifs is 5. The molecule has 0 spiro atoms. The van der Waals surface area contributed by atoms with E-state index in [4.69, 9.17) is 9.47 Å². The normalized spacial score (nSPS) is 31.5. The molecule has 200 valence electrons. The fourth-order valence-electron chi connectivity index (χ4n) is 5.93. The maximum Gasteiger partial charge on any atom is 0.306 e. The summed E-state index contributed by atoms with van der Waals surface area (Å²) in [6.07, 6.45) is 12.4. The number of aldehydes is 1. The summed E-state index contributed by atoms with van der Waals surface area (Å²) in [6.45, 7) is 8.15. The lowest BCUT2D eigenvalue weighted by molar-refractivity contribution is -0.153. The van der Waals surface area contributed by atoms with Crippen LogP contribution in [0.2, 0.25) is 0 Å². The molecule has 8 heteroatoms. The summed E-state index contributed by atoms with van der Waals surface area (Å²) in [4.78, 5) is 45.0. The summed E-state index contributed by atoms with van der Waals surface area (Å²) in [7, 11) is 0. The van der Waals surface area contributed by atoms with Gasteiger partial charge in [0.05, 0.1) is 24.9 Å².